The Morgan fingerprint density at radius 2 is 1.82 bits per heavy atom. The third-order valence-corrected chi connectivity index (χ3v) is 8.51. The van der Waals surface area contributed by atoms with E-state index in [0.29, 0.717) is 29.5 Å². The smallest absolute Gasteiger partial charge is 0.225 e. The zero-order valence-corrected chi connectivity index (χ0v) is 20.2. The van der Waals surface area contributed by atoms with Crippen LogP contribution in [0.4, 0.5) is 5.69 Å². The molecule has 0 saturated heterocycles. The number of thiophene rings is 1. The number of hydrogen-bond acceptors (Lipinski definition) is 7. The van der Waals surface area contributed by atoms with Gasteiger partial charge >= 0.3 is 0 Å². The molecule has 0 spiro atoms. The lowest BCUT2D eigenvalue weighted by atomic mass is 9.90. The first-order valence-corrected chi connectivity index (χ1v) is 12.9. The number of amides is 1. The van der Waals surface area contributed by atoms with Crippen LogP contribution in [0.15, 0.2) is 57.6 Å². The van der Waals surface area contributed by atoms with Gasteiger partial charge in [0.25, 0.3) is 0 Å². The normalized spacial score (nSPS) is 15.5. The number of anilines is 1. The van der Waals surface area contributed by atoms with Gasteiger partial charge in [0.05, 0.1) is 31.4 Å². The van der Waals surface area contributed by atoms with Crippen molar-refractivity contribution in [1.29, 1.82) is 0 Å². The van der Waals surface area contributed by atoms with Crippen LogP contribution in [-0.2, 0) is 14.6 Å². The minimum absolute atomic E-state index is 0.0988. The summed E-state index contributed by atoms with van der Waals surface area (Å²) in [4.78, 5) is 13.6. The van der Waals surface area contributed by atoms with Crippen LogP contribution in [0.25, 0.3) is 0 Å². The van der Waals surface area contributed by atoms with Crippen molar-refractivity contribution < 1.29 is 27.4 Å². The second-order valence-electron chi connectivity index (χ2n) is 7.58. The predicted molar refractivity (Wildman–Crippen MR) is 127 cm³/mol. The van der Waals surface area contributed by atoms with E-state index in [1.165, 1.54) is 30.6 Å². The number of hydrogen-bond donors (Lipinski definition) is 1. The van der Waals surface area contributed by atoms with Crippen LogP contribution < -0.4 is 19.5 Å². The van der Waals surface area contributed by atoms with Crippen molar-refractivity contribution in [2.24, 2.45) is 0 Å². The summed E-state index contributed by atoms with van der Waals surface area (Å²) >= 11 is 1.33. The molecule has 1 N–H and O–H groups in total. The summed E-state index contributed by atoms with van der Waals surface area (Å²) in [5.74, 6) is 1.27. The van der Waals surface area contributed by atoms with Gasteiger partial charge < -0.3 is 19.5 Å². The van der Waals surface area contributed by atoms with Crippen LogP contribution >= 0.6 is 11.3 Å². The van der Waals surface area contributed by atoms with Gasteiger partial charge in [0.15, 0.2) is 11.5 Å². The quantitative estimate of drug-likeness (QED) is 0.488. The molecule has 1 aromatic heterocycles. The van der Waals surface area contributed by atoms with Crippen molar-refractivity contribution in [3.63, 3.8) is 0 Å². The van der Waals surface area contributed by atoms with E-state index in [1.54, 1.807) is 24.6 Å². The summed E-state index contributed by atoms with van der Waals surface area (Å²) in [5, 5.41) is 4.39. The molecule has 2 heterocycles. The van der Waals surface area contributed by atoms with Gasteiger partial charge in [0.1, 0.15) is 10.6 Å². The van der Waals surface area contributed by atoms with Gasteiger partial charge in [-0.2, -0.15) is 0 Å². The summed E-state index contributed by atoms with van der Waals surface area (Å²) < 4.78 is 43.1. The Labute approximate surface area is 197 Å². The first-order chi connectivity index (χ1) is 15.9. The standard InChI is InChI=1S/C24H25NO6S2/c1-4-11-31-20-12-15(5-10-19(20)30-3)18-13-22(26)25-23-21(14-32-24(18)23)33(27,28)17-8-6-16(29-2)7-9-17/h5-10,12,14,18H,4,11,13H2,1-3H3,(H,25,26). The molecule has 2 aromatic carbocycles. The van der Waals surface area contributed by atoms with Crippen molar-refractivity contribution >= 4 is 32.8 Å². The Kier molecular flexibility index (Phi) is 6.62. The molecular formula is C24H25NO6S2. The highest BCUT2D eigenvalue weighted by Gasteiger charge is 2.34. The van der Waals surface area contributed by atoms with Crippen LogP contribution in [0.1, 0.15) is 36.1 Å². The van der Waals surface area contributed by atoms with Crippen molar-refractivity contribution in [3.8, 4) is 17.2 Å². The molecule has 0 saturated carbocycles. The highest BCUT2D eigenvalue weighted by molar-refractivity contribution is 7.91. The molecule has 1 aliphatic heterocycles. The first-order valence-electron chi connectivity index (χ1n) is 10.5. The molecular weight excluding hydrogens is 462 g/mol. The van der Waals surface area contributed by atoms with E-state index in [0.717, 1.165) is 16.9 Å². The number of fused-ring (bicyclic) bond motifs is 1. The van der Waals surface area contributed by atoms with Gasteiger partial charge in [-0.25, -0.2) is 8.42 Å². The van der Waals surface area contributed by atoms with Crippen LogP contribution in [0.5, 0.6) is 17.2 Å². The number of ether oxygens (including phenoxy) is 3. The highest BCUT2D eigenvalue weighted by Crippen LogP contribution is 2.47. The molecule has 174 valence electrons. The van der Waals surface area contributed by atoms with E-state index in [9.17, 15) is 13.2 Å². The van der Waals surface area contributed by atoms with Crippen molar-refractivity contribution in [1.82, 2.24) is 0 Å². The monoisotopic (exact) mass is 487 g/mol. The van der Waals surface area contributed by atoms with Gasteiger partial charge in [-0.3, -0.25) is 4.79 Å². The molecule has 0 aliphatic carbocycles. The van der Waals surface area contributed by atoms with Gasteiger partial charge in [0.2, 0.25) is 15.7 Å². The van der Waals surface area contributed by atoms with E-state index in [-0.39, 0.29) is 28.0 Å². The third-order valence-electron chi connectivity index (χ3n) is 5.47. The topological polar surface area (TPSA) is 90.9 Å². The molecule has 1 atom stereocenters. The van der Waals surface area contributed by atoms with Gasteiger partial charge in [0, 0.05) is 22.6 Å². The Morgan fingerprint density at radius 3 is 2.48 bits per heavy atom. The molecule has 0 radical (unpaired) electrons. The molecule has 1 amide bonds. The Bertz CT molecular complexity index is 1260. The molecule has 3 aromatic rings. The minimum Gasteiger partial charge on any atom is -0.497 e. The van der Waals surface area contributed by atoms with Crippen molar-refractivity contribution in [2.75, 3.05) is 26.1 Å². The van der Waals surface area contributed by atoms with Gasteiger partial charge in [-0.1, -0.05) is 13.0 Å². The number of carbonyl (C=O) groups excluding carboxylic acids is 1. The number of nitrogens with one attached hydrogen (secondary N) is 1. The summed E-state index contributed by atoms with van der Waals surface area (Å²) in [5.41, 5.74) is 1.22. The van der Waals surface area contributed by atoms with Gasteiger partial charge in [-0.05, 0) is 48.4 Å². The maximum atomic E-state index is 13.4. The van der Waals surface area contributed by atoms with Crippen LogP contribution in [-0.4, -0.2) is 35.2 Å². The molecule has 4 rings (SSSR count). The highest BCUT2D eigenvalue weighted by atomic mass is 32.2. The summed E-state index contributed by atoms with van der Waals surface area (Å²) in [6, 6.07) is 11.8. The molecule has 0 fully saturated rings. The van der Waals surface area contributed by atoms with Crippen molar-refractivity contribution in [2.45, 2.75) is 35.5 Å². The SMILES string of the molecule is CCCOc1cc(C2CC(=O)Nc3c(S(=O)(=O)c4ccc(OC)cc4)csc32)ccc1OC. The van der Waals surface area contributed by atoms with E-state index >= 15 is 0 Å². The van der Waals surface area contributed by atoms with E-state index in [1.807, 2.05) is 25.1 Å². The average molecular weight is 488 g/mol. The summed E-state index contributed by atoms with van der Waals surface area (Å²) in [7, 11) is -0.727. The van der Waals surface area contributed by atoms with Crippen molar-refractivity contribution in [3.05, 3.63) is 58.3 Å². The lowest BCUT2D eigenvalue weighted by Gasteiger charge is -2.24. The predicted octanol–water partition coefficient (Wildman–Crippen LogP) is 4.86. The van der Waals surface area contributed by atoms with Gasteiger partial charge in [-0.15, -0.1) is 11.3 Å². The van der Waals surface area contributed by atoms with E-state index in [4.69, 9.17) is 14.2 Å². The maximum absolute atomic E-state index is 13.4. The fraction of sp³-hybridized carbons (Fsp3) is 0.292. The second kappa shape index (κ2) is 9.44. The number of carbonyl (C=O) groups is 1. The second-order valence-corrected chi connectivity index (χ2v) is 10.4. The Morgan fingerprint density at radius 1 is 1.06 bits per heavy atom. The molecule has 1 unspecified atom stereocenters. The first kappa shape index (κ1) is 23.1. The summed E-state index contributed by atoms with van der Waals surface area (Å²) in [6.45, 7) is 2.56. The Hall–Kier alpha value is -3.04. The lowest BCUT2D eigenvalue weighted by Crippen LogP contribution is -2.23. The number of benzene rings is 2. The largest absolute Gasteiger partial charge is 0.497 e. The fourth-order valence-corrected chi connectivity index (χ4v) is 6.70. The Balaban J connectivity index is 1.75. The van der Waals surface area contributed by atoms with Crippen LogP contribution in [0.3, 0.4) is 0 Å². The zero-order chi connectivity index (χ0) is 23.6. The third kappa shape index (κ3) is 4.43. The number of sulfone groups is 1. The number of rotatable bonds is 8. The van der Waals surface area contributed by atoms with Crippen LogP contribution in [0.2, 0.25) is 0 Å². The summed E-state index contributed by atoms with van der Waals surface area (Å²) in [6.07, 6.45) is 1.07. The zero-order valence-electron chi connectivity index (χ0n) is 18.6. The molecule has 9 heteroatoms. The molecule has 1 aliphatic rings. The lowest BCUT2D eigenvalue weighted by molar-refractivity contribution is -0.116. The van der Waals surface area contributed by atoms with E-state index in [2.05, 4.69) is 5.32 Å². The minimum atomic E-state index is -3.83. The molecule has 7 nitrogen and oxygen atoms in total. The van der Waals surface area contributed by atoms with Crippen LogP contribution in [0, 0.1) is 0 Å². The molecule has 33 heavy (non-hydrogen) atoms. The number of methoxy groups -OCH3 is 2. The van der Waals surface area contributed by atoms with E-state index < -0.39 is 9.84 Å². The maximum Gasteiger partial charge on any atom is 0.225 e. The molecule has 0 bridgehead atoms. The average Bonchev–Trinajstić information content (AvgIpc) is 3.26. The fourth-order valence-electron chi connectivity index (χ4n) is 3.79.